The van der Waals surface area contributed by atoms with Crippen molar-refractivity contribution in [3.63, 3.8) is 0 Å². The Kier molecular flexibility index (Phi) is 3.20. The van der Waals surface area contributed by atoms with Gasteiger partial charge >= 0.3 is 0 Å². The Morgan fingerprint density at radius 2 is 2.18 bits per heavy atom. The Balaban J connectivity index is 2.25. The van der Waals surface area contributed by atoms with Crippen LogP contribution in [0.15, 0.2) is 28.8 Å². The predicted molar refractivity (Wildman–Crippen MR) is 63.0 cm³/mol. The van der Waals surface area contributed by atoms with Crippen LogP contribution in [0.1, 0.15) is 18.4 Å². The van der Waals surface area contributed by atoms with E-state index in [1.54, 1.807) is 0 Å². The van der Waals surface area contributed by atoms with Crippen LogP contribution in [0.25, 0.3) is 11.4 Å². The SMILES string of the molecule is Cc1ccccc1-c1noc(CC(C)C#N)n1. The molecule has 0 fully saturated rings. The zero-order chi connectivity index (χ0) is 12.3. The van der Waals surface area contributed by atoms with Crippen molar-refractivity contribution < 1.29 is 4.52 Å². The van der Waals surface area contributed by atoms with E-state index in [-0.39, 0.29) is 5.92 Å². The van der Waals surface area contributed by atoms with E-state index < -0.39 is 0 Å². The number of rotatable bonds is 3. The molecule has 0 saturated heterocycles. The first-order chi connectivity index (χ1) is 8.20. The van der Waals surface area contributed by atoms with Gasteiger partial charge in [0.2, 0.25) is 11.7 Å². The maximum absolute atomic E-state index is 8.72. The second-order valence-corrected chi connectivity index (χ2v) is 4.06. The first kappa shape index (κ1) is 11.3. The molecular weight excluding hydrogens is 214 g/mol. The molecule has 1 aromatic carbocycles. The molecule has 2 rings (SSSR count). The van der Waals surface area contributed by atoms with Crippen LogP contribution in [-0.4, -0.2) is 10.1 Å². The lowest BCUT2D eigenvalue weighted by atomic mass is 10.1. The topological polar surface area (TPSA) is 62.7 Å². The van der Waals surface area contributed by atoms with Gasteiger partial charge in [0, 0.05) is 12.0 Å². The van der Waals surface area contributed by atoms with Crippen LogP contribution in [0.3, 0.4) is 0 Å². The highest BCUT2D eigenvalue weighted by atomic mass is 16.5. The minimum atomic E-state index is -0.111. The first-order valence-electron chi connectivity index (χ1n) is 5.49. The summed E-state index contributed by atoms with van der Waals surface area (Å²) in [5.41, 5.74) is 2.07. The fourth-order valence-corrected chi connectivity index (χ4v) is 1.58. The summed E-state index contributed by atoms with van der Waals surface area (Å²) in [6, 6.07) is 10.0. The summed E-state index contributed by atoms with van der Waals surface area (Å²) in [6.45, 7) is 3.83. The third-order valence-corrected chi connectivity index (χ3v) is 2.56. The fraction of sp³-hybridized carbons (Fsp3) is 0.308. The predicted octanol–water partition coefficient (Wildman–Crippen LogP) is 2.75. The van der Waals surface area contributed by atoms with Crippen LogP contribution in [0, 0.1) is 24.2 Å². The molecule has 1 heterocycles. The lowest BCUT2D eigenvalue weighted by molar-refractivity contribution is 0.369. The lowest BCUT2D eigenvalue weighted by Crippen LogP contribution is -1.96. The highest BCUT2D eigenvalue weighted by Crippen LogP contribution is 2.20. The minimum absolute atomic E-state index is 0.111. The Morgan fingerprint density at radius 3 is 2.88 bits per heavy atom. The molecule has 0 saturated carbocycles. The quantitative estimate of drug-likeness (QED) is 0.808. The average Bonchev–Trinajstić information content (AvgIpc) is 2.78. The highest BCUT2D eigenvalue weighted by molar-refractivity contribution is 5.58. The monoisotopic (exact) mass is 227 g/mol. The molecule has 0 N–H and O–H groups in total. The molecule has 2 aromatic rings. The van der Waals surface area contributed by atoms with Crippen LogP contribution in [0.2, 0.25) is 0 Å². The molecule has 0 bridgehead atoms. The van der Waals surface area contributed by atoms with Gasteiger partial charge in [-0.15, -0.1) is 0 Å². The van der Waals surface area contributed by atoms with E-state index >= 15 is 0 Å². The van der Waals surface area contributed by atoms with Gasteiger partial charge in [-0.25, -0.2) is 0 Å². The summed E-state index contributed by atoms with van der Waals surface area (Å²) in [5.74, 6) is 0.987. The smallest absolute Gasteiger partial charge is 0.228 e. The molecule has 1 aromatic heterocycles. The van der Waals surface area contributed by atoms with E-state index in [2.05, 4.69) is 16.2 Å². The van der Waals surface area contributed by atoms with Gasteiger partial charge in [0.15, 0.2) is 0 Å². The van der Waals surface area contributed by atoms with Crippen LogP contribution in [0.4, 0.5) is 0 Å². The summed E-state index contributed by atoms with van der Waals surface area (Å²) < 4.78 is 5.13. The molecule has 0 spiro atoms. The highest BCUT2D eigenvalue weighted by Gasteiger charge is 2.12. The van der Waals surface area contributed by atoms with Gasteiger partial charge in [-0.3, -0.25) is 0 Å². The third-order valence-electron chi connectivity index (χ3n) is 2.56. The summed E-state index contributed by atoms with van der Waals surface area (Å²) in [5, 5.41) is 12.7. The molecule has 0 aliphatic carbocycles. The number of nitrogens with zero attached hydrogens (tertiary/aromatic N) is 3. The molecule has 0 aliphatic rings. The number of nitriles is 1. The molecule has 86 valence electrons. The summed E-state index contributed by atoms with van der Waals surface area (Å²) in [7, 11) is 0. The maximum atomic E-state index is 8.72. The van der Waals surface area contributed by atoms with Gasteiger partial charge in [-0.05, 0) is 19.4 Å². The molecule has 0 amide bonds. The van der Waals surface area contributed by atoms with Crippen molar-refractivity contribution in [2.45, 2.75) is 20.3 Å². The maximum Gasteiger partial charge on any atom is 0.228 e. The summed E-state index contributed by atoms with van der Waals surface area (Å²) in [6.07, 6.45) is 0.495. The molecule has 0 radical (unpaired) electrons. The van der Waals surface area contributed by atoms with E-state index in [0.29, 0.717) is 18.1 Å². The number of hydrogen-bond donors (Lipinski definition) is 0. The van der Waals surface area contributed by atoms with Crippen molar-refractivity contribution in [2.24, 2.45) is 5.92 Å². The number of benzene rings is 1. The fourth-order valence-electron chi connectivity index (χ4n) is 1.58. The van der Waals surface area contributed by atoms with Gasteiger partial charge in [0.05, 0.1) is 12.0 Å². The minimum Gasteiger partial charge on any atom is -0.339 e. The largest absolute Gasteiger partial charge is 0.339 e. The molecule has 17 heavy (non-hydrogen) atoms. The Hall–Kier alpha value is -2.15. The zero-order valence-corrected chi connectivity index (χ0v) is 9.84. The van der Waals surface area contributed by atoms with Crippen LogP contribution in [-0.2, 0) is 6.42 Å². The van der Waals surface area contributed by atoms with Crippen molar-refractivity contribution >= 4 is 0 Å². The van der Waals surface area contributed by atoms with E-state index in [9.17, 15) is 0 Å². The summed E-state index contributed by atoms with van der Waals surface area (Å²) >= 11 is 0. The van der Waals surface area contributed by atoms with E-state index in [0.717, 1.165) is 11.1 Å². The normalized spacial score (nSPS) is 12.1. The third kappa shape index (κ3) is 2.51. The van der Waals surface area contributed by atoms with E-state index in [1.165, 1.54) is 0 Å². The van der Waals surface area contributed by atoms with E-state index in [4.69, 9.17) is 9.78 Å². The van der Waals surface area contributed by atoms with Crippen LogP contribution < -0.4 is 0 Å². The number of hydrogen-bond acceptors (Lipinski definition) is 4. The van der Waals surface area contributed by atoms with Gasteiger partial charge in [0.1, 0.15) is 0 Å². The molecule has 0 aliphatic heterocycles. The number of aryl methyl sites for hydroxylation is 1. The first-order valence-corrected chi connectivity index (χ1v) is 5.49. The summed E-state index contributed by atoms with van der Waals surface area (Å²) in [4.78, 5) is 4.30. The Morgan fingerprint density at radius 1 is 1.41 bits per heavy atom. The number of aromatic nitrogens is 2. The van der Waals surface area contributed by atoms with E-state index in [1.807, 2.05) is 38.1 Å². The second kappa shape index (κ2) is 4.79. The molecule has 1 atom stereocenters. The zero-order valence-electron chi connectivity index (χ0n) is 9.84. The van der Waals surface area contributed by atoms with Crippen molar-refractivity contribution in [3.8, 4) is 17.5 Å². The Bertz CT molecular complexity index is 554. The lowest BCUT2D eigenvalue weighted by Gasteiger charge is -1.98. The van der Waals surface area contributed by atoms with Crippen LogP contribution >= 0.6 is 0 Å². The Labute approximate surface area is 99.9 Å². The molecule has 4 nitrogen and oxygen atoms in total. The van der Waals surface area contributed by atoms with Crippen molar-refractivity contribution in [1.82, 2.24) is 10.1 Å². The standard InChI is InChI=1S/C13H13N3O/c1-9(8-14)7-12-15-13(16-17-12)11-6-4-3-5-10(11)2/h3-6,9H,7H2,1-2H3. The van der Waals surface area contributed by atoms with Gasteiger partial charge in [0.25, 0.3) is 0 Å². The van der Waals surface area contributed by atoms with Gasteiger partial charge in [-0.2, -0.15) is 10.2 Å². The molecular formula is C13H13N3O. The average molecular weight is 227 g/mol. The molecule has 4 heteroatoms. The van der Waals surface area contributed by atoms with Crippen LogP contribution in [0.5, 0.6) is 0 Å². The second-order valence-electron chi connectivity index (χ2n) is 4.06. The molecule has 1 unspecified atom stereocenters. The van der Waals surface area contributed by atoms with Crippen molar-refractivity contribution in [3.05, 3.63) is 35.7 Å². The van der Waals surface area contributed by atoms with Crippen molar-refractivity contribution in [2.75, 3.05) is 0 Å². The van der Waals surface area contributed by atoms with Gasteiger partial charge in [-0.1, -0.05) is 29.4 Å². The van der Waals surface area contributed by atoms with Gasteiger partial charge < -0.3 is 4.52 Å². The van der Waals surface area contributed by atoms with Crippen molar-refractivity contribution in [1.29, 1.82) is 5.26 Å².